The number of nitrogens with zero attached hydrogens (tertiary/aromatic N) is 4. The van der Waals surface area contributed by atoms with Crippen molar-refractivity contribution in [3.63, 3.8) is 0 Å². The van der Waals surface area contributed by atoms with Gasteiger partial charge in [0, 0.05) is 36.3 Å². The van der Waals surface area contributed by atoms with E-state index in [1.54, 1.807) is 46.8 Å². The van der Waals surface area contributed by atoms with E-state index in [-0.39, 0.29) is 85.3 Å². The van der Waals surface area contributed by atoms with Crippen molar-refractivity contribution in [2.24, 2.45) is 0 Å². The molecule has 3 saturated heterocycles. The fourth-order valence-corrected chi connectivity index (χ4v) is 8.88. The van der Waals surface area contributed by atoms with Crippen LogP contribution >= 0.6 is 23.5 Å². The number of hydrogen-bond acceptors (Lipinski definition) is 12. The summed E-state index contributed by atoms with van der Waals surface area (Å²) in [7, 11) is 0. The zero-order valence-corrected chi connectivity index (χ0v) is 30.1. The first kappa shape index (κ1) is 37.0. The molecule has 5 atom stereocenters. The van der Waals surface area contributed by atoms with Crippen LogP contribution in [0.25, 0.3) is 0 Å². The number of β-lactam (4-membered cyclic amide) rings is 1. The van der Waals surface area contributed by atoms with Crippen molar-refractivity contribution in [3.8, 4) is 5.75 Å². The average Bonchev–Trinajstić information content (AvgIpc) is 3.85. The summed E-state index contributed by atoms with van der Waals surface area (Å²) in [6.45, 7) is 6.89. The van der Waals surface area contributed by atoms with E-state index in [4.69, 9.17) is 14.2 Å². The second kappa shape index (κ2) is 17.2. The Bertz CT molecular complexity index is 1710. The molecule has 0 unspecified atom stereocenters. The van der Waals surface area contributed by atoms with Crippen LogP contribution in [0.3, 0.4) is 0 Å². The second-order valence-electron chi connectivity index (χ2n) is 12.4. The van der Waals surface area contributed by atoms with Gasteiger partial charge in [0.05, 0.1) is 37.2 Å². The summed E-state index contributed by atoms with van der Waals surface area (Å²) in [6.07, 6.45) is 1.91. The average molecular weight is 756 g/mol. The summed E-state index contributed by atoms with van der Waals surface area (Å²) < 4.78 is 18.3. The van der Waals surface area contributed by atoms with Gasteiger partial charge in [-0.2, -0.15) is 11.8 Å². The van der Waals surface area contributed by atoms with Crippen molar-refractivity contribution in [1.82, 2.24) is 46.5 Å². The normalized spacial score (nSPS) is 23.1. The number of benzene rings is 1. The number of fused-ring (bicyclic) bond motifs is 2. The molecule has 2 aromatic rings. The molecule has 4 aliphatic heterocycles. The lowest BCUT2D eigenvalue weighted by molar-refractivity contribution is -0.146. The number of ether oxygens (including phenoxy) is 3. The van der Waals surface area contributed by atoms with Gasteiger partial charge in [-0.15, -0.1) is 16.9 Å². The van der Waals surface area contributed by atoms with Crippen LogP contribution in [0.15, 0.2) is 60.1 Å². The first-order valence-electron chi connectivity index (χ1n) is 16.8. The molecule has 19 heteroatoms. The van der Waals surface area contributed by atoms with Gasteiger partial charge in [0.2, 0.25) is 11.8 Å². The number of urea groups is 1. The number of rotatable bonds is 18. The summed E-state index contributed by atoms with van der Waals surface area (Å²) in [5.41, 5.74) is 1.96. The molecule has 0 saturated carbocycles. The predicted octanol–water partition coefficient (Wildman–Crippen LogP) is -0.134. The standard InChI is InChI=1S/C33H41N9O8S2/c1-19-17-52-32-29(37-27(45)16-50-22-6-4-3-5-7-22)31(46)42(32)30(19)20(2)49-15-21-13-41(40-39-21)14-26(44)35-9-11-48-10-8-34-25(43)12-24-28-23(18-51-24)36-33(47)38-28/h3-7,13,23-24,28-29,32H,2,8-12,14-18H2,1H3,(H,34,43)(H,35,44)(H,37,45)(H2,36,38,47)/t23-,24-,28-,29+,32+/m0/s1. The molecule has 1 aromatic heterocycles. The number of amides is 6. The molecule has 0 aliphatic carbocycles. The smallest absolute Gasteiger partial charge is 0.315 e. The number of aromatic nitrogens is 3. The summed E-state index contributed by atoms with van der Waals surface area (Å²) in [4.78, 5) is 63.4. The largest absolute Gasteiger partial charge is 0.486 e. The van der Waals surface area contributed by atoms with Crippen LogP contribution in [0.5, 0.6) is 5.75 Å². The molecule has 17 nitrogen and oxygen atoms in total. The number of nitrogens with one attached hydrogen (secondary N) is 5. The third-order valence-electron chi connectivity index (χ3n) is 8.60. The van der Waals surface area contributed by atoms with E-state index in [0.29, 0.717) is 48.2 Å². The van der Waals surface area contributed by atoms with Crippen LogP contribution in [-0.4, -0.2) is 123 Å². The molecule has 5 N–H and O–H groups in total. The van der Waals surface area contributed by atoms with E-state index in [9.17, 15) is 24.0 Å². The highest BCUT2D eigenvalue weighted by molar-refractivity contribution is 8.00. The molecule has 6 rings (SSSR count). The zero-order valence-electron chi connectivity index (χ0n) is 28.5. The molecule has 6 amide bonds. The quantitative estimate of drug-likeness (QED) is 0.0584. The van der Waals surface area contributed by atoms with Crippen molar-refractivity contribution in [1.29, 1.82) is 0 Å². The minimum atomic E-state index is -0.685. The van der Waals surface area contributed by atoms with Crippen LogP contribution < -0.4 is 31.3 Å². The van der Waals surface area contributed by atoms with Gasteiger partial charge in [0.1, 0.15) is 41.8 Å². The molecular formula is C33H41N9O8S2. The monoisotopic (exact) mass is 755 g/mol. The SMILES string of the molecule is C=C(OCc1cn(CC(=O)NCCOCCNC(=O)C[C@@H]2SC[C@@H]3NC(=O)N[C@@H]32)nn1)C1=C(C)CS[C@@H]2[C@H](NC(=O)COc3ccccc3)C(=O)N12. The molecule has 4 aliphatic rings. The highest BCUT2D eigenvalue weighted by atomic mass is 32.2. The van der Waals surface area contributed by atoms with Gasteiger partial charge in [0.15, 0.2) is 6.61 Å². The van der Waals surface area contributed by atoms with Gasteiger partial charge in [0.25, 0.3) is 11.8 Å². The van der Waals surface area contributed by atoms with Crippen LogP contribution in [0.1, 0.15) is 19.0 Å². The summed E-state index contributed by atoms with van der Waals surface area (Å²) in [6, 6.07) is 8.15. The molecule has 0 bridgehead atoms. The topological polar surface area (TPSA) is 207 Å². The molecule has 278 valence electrons. The van der Waals surface area contributed by atoms with Gasteiger partial charge in [-0.05, 0) is 24.6 Å². The van der Waals surface area contributed by atoms with Gasteiger partial charge < -0.3 is 40.8 Å². The first-order chi connectivity index (χ1) is 25.2. The summed E-state index contributed by atoms with van der Waals surface area (Å²) in [5, 5.41) is 21.9. The molecule has 52 heavy (non-hydrogen) atoms. The lowest BCUT2D eigenvalue weighted by Crippen LogP contribution is -2.70. The summed E-state index contributed by atoms with van der Waals surface area (Å²) >= 11 is 3.23. The maximum absolute atomic E-state index is 13.1. The van der Waals surface area contributed by atoms with E-state index in [0.717, 1.165) is 11.3 Å². The molecule has 0 spiro atoms. The molecule has 5 heterocycles. The van der Waals surface area contributed by atoms with Gasteiger partial charge in [-0.3, -0.25) is 24.1 Å². The van der Waals surface area contributed by atoms with Crippen molar-refractivity contribution < 1.29 is 38.2 Å². The molecular weight excluding hydrogens is 715 g/mol. The number of carbonyl (C=O) groups is 5. The Morgan fingerprint density at radius 2 is 1.81 bits per heavy atom. The Labute approximate surface area is 308 Å². The van der Waals surface area contributed by atoms with Crippen molar-refractivity contribution in [2.45, 2.75) is 55.2 Å². The maximum Gasteiger partial charge on any atom is 0.315 e. The Hall–Kier alpha value is -4.75. The number of thioether (sulfide) groups is 2. The van der Waals surface area contributed by atoms with Crippen LogP contribution in [-0.2, 0) is 41.8 Å². The minimum Gasteiger partial charge on any atom is -0.486 e. The van der Waals surface area contributed by atoms with E-state index in [1.807, 2.05) is 25.1 Å². The summed E-state index contributed by atoms with van der Waals surface area (Å²) in [5.74, 6) is 1.26. The van der Waals surface area contributed by atoms with Crippen LogP contribution in [0, 0.1) is 0 Å². The Balaban J connectivity index is 0.841. The second-order valence-corrected chi connectivity index (χ2v) is 14.8. The highest BCUT2D eigenvalue weighted by Gasteiger charge is 2.53. The van der Waals surface area contributed by atoms with E-state index in [1.165, 1.54) is 4.68 Å². The van der Waals surface area contributed by atoms with E-state index >= 15 is 0 Å². The fourth-order valence-electron chi connectivity index (χ4n) is 6.11. The lowest BCUT2D eigenvalue weighted by Gasteiger charge is -2.50. The minimum absolute atomic E-state index is 0.0206. The third kappa shape index (κ3) is 9.18. The fraction of sp³-hybridized carbons (Fsp3) is 0.485. The van der Waals surface area contributed by atoms with Crippen LogP contribution in [0.4, 0.5) is 4.79 Å². The van der Waals surface area contributed by atoms with Crippen LogP contribution in [0.2, 0.25) is 0 Å². The van der Waals surface area contributed by atoms with E-state index < -0.39 is 6.04 Å². The molecule has 0 radical (unpaired) electrons. The van der Waals surface area contributed by atoms with Gasteiger partial charge in [-0.25, -0.2) is 9.48 Å². The molecule has 3 fully saturated rings. The van der Waals surface area contributed by atoms with Gasteiger partial charge in [-0.1, -0.05) is 30.0 Å². The van der Waals surface area contributed by atoms with Crippen molar-refractivity contribution in [2.75, 3.05) is 44.4 Å². The number of hydrogen-bond donors (Lipinski definition) is 5. The Morgan fingerprint density at radius 3 is 2.60 bits per heavy atom. The number of carbonyl (C=O) groups excluding carboxylic acids is 5. The number of para-hydroxylation sites is 1. The zero-order chi connectivity index (χ0) is 36.6. The van der Waals surface area contributed by atoms with Crippen molar-refractivity contribution in [3.05, 3.63) is 65.8 Å². The highest BCUT2D eigenvalue weighted by Crippen LogP contribution is 2.42. The first-order valence-corrected chi connectivity index (χ1v) is 18.9. The maximum atomic E-state index is 13.1. The third-order valence-corrected chi connectivity index (χ3v) is 11.5. The lowest BCUT2D eigenvalue weighted by atomic mass is 10.0. The van der Waals surface area contributed by atoms with E-state index in [2.05, 4.69) is 43.5 Å². The Kier molecular flexibility index (Phi) is 12.2. The molecule has 1 aromatic carbocycles. The Morgan fingerprint density at radius 1 is 1.04 bits per heavy atom. The predicted molar refractivity (Wildman–Crippen MR) is 191 cm³/mol. The van der Waals surface area contributed by atoms with Gasteiger partial charge >= 0.3 is 6.03 Å². The van der Waals surface area contributed by atoms with Crippen molar-refractivity contribution >= 4 is 53.2 Å².